The average Bonchev–Trinajstić information content (AvgIpc) is 3.67. The SMILES string of the molecule is COc1ccc([Si](C)(C)[C@@H]2[C@@H](CCn3cc(CCO)nn3)O[C@]3(C(=O)N(Cc4ccccc4)c4ccc(Cl)cc43)[C@H]2C)cc1. The number of nitrogens with zero attached hydrogens (tertiary/aromatic N) is 4. The number of methoxy groups -OCH3 is 1. The zero-order valence-corrected chi connectivity index (χ0v) is 27.4. The summed E-state index contributed by atoms with van der Waals surface area (Å²) in [5.74, 6) is 0.657. The van der Waals surface area contributed by atoms with Crippen LogP contribution in [-0.4, -0.2) is 53.9 Å². The van der Waals surface area contributed by atoms with Crippen LogP contribution in [0.3, 0.4) is 0 Å². The first-order chi connectivity index (χ1) is 21.2. The molecule has 0 radical (unpaired) electrons. The summed E-state index contributed by atoms with van der Waals surface area (Å²) in [6, 6.07) is 24.2. The molecule has 1 N–H and O–H groups in total. The third-order valence-corrected chi connectivity index (χ3v) is 14.2. The van der Waals surface area contributed by atoms with E-state index in [0.717, 1.165) is 28.3 Å². The van der Waals surface area contributed by atoms with Crippen LogP contribution >= 0.6 is 11.6 Å². The van der Waals surface area contributed by atoms with Gasteiger partial charge in [0, 0.05) is 42.3 Å². The van der Waals surface area contributed by atoms with Gasteiger partial charge in [-0.1, -0.05) is 84.5 Å². The van der Waals surface area contributed by atoms with Gasteiger partial charge in [-0.15, -0.1) is 5.10 Å². The molecule has 1 fully saturated rings. The van der Waals surface area contributed by atoms with Crippen molar-refractivity contribution in [3.05, 3.63) is 101 Å². The number of fused-ring (bicyclic) bond motifs is 2. The Morgan fingerprint density at radius 2 is 1.84 bits per heavy atom. The van der Waals surface area contributed by atoms with Crippen molar-refractivity contribution in [1.29, 1.82) is 0 Å². The largest absolute Gasteiger partial charge is 0.497 e. The van der Waals surface area contributed by atoms with Crippen molar-refractivity contribution in [2.75, 3.05) is 18.6 Å². The monoisotopic (exact) mass is 630 g/mol. The minimum Gasteiger partial charge on any atom is -0.497 e. The molecule has 2 aliphatic heterocycles. The van der Waals surface area contributed by atoms with Gasteiger partial charge < -0.3 is 19.5 Å². The van der Waals surface area contributed by atoms with Crippen molar-refractivity contribution >= 4 is 36.5 Å². The second-order valence-corrected chi connectivity index (χ2v) is 17.6. The summed E-state index contributed by atoms with van der Waals surface area (Å²) in [6.07, 6.45) is 2.78. The van der Waals surface area contributed by atoms with Crippen molar-refractivity contribution in [1.82, 2.24) is 15.0 Å². The minimum atomic E-state index is -2.27. The maximum absolute atomic E-state index is 14.8. The molecule has 6 rings (SSSR count). The minimum absolute atomic E-state index is 0.0255. The van der Waals surface area contributed by atoms with Gasteiger partial charge in [-0.25, -0.2) is 0 Å². The molecule has 1 spiro atoms. The number of rotatable bonds is 10. The van der Waals surface area contributed by atoms with Gasteiger partial charge in [0.05, 0.1) is 39.2 Å². The molecule has 4 aromatic rings. The van der Waals surface area contributed by atoms with E-state index >= 15 is 0 Å². The van der Waals surface area contributed by atoms with Crippen LogP contribution in [0.15, 0.2) is 79.0 Å². The number of carbonyl (C=O) groups excluding carboxylic acids is 1. The molecule has 1 saturated heterocycles. The van der Waals surface area contributed by atoms with Crippen LogP contribution in [0.4, 0.5) is 5.69 Å². The van der Waals surface area contributed by atoms with E-state index in [1.807, 2.05) is 76.4 Å². The highest BCUT2D eigenvalue weighted by atomic mass is 35.5. The average molecular weight is 631 g/mol. The highest BCUT2D eigenvalue weighted by Gasteiger charge is 2.66. The molecular weight excluding hydrogens is 592 g/mol. The second-order valence-electron chi connectivity index (χ2n) is 12.4. The van der Waals surface area contributed by atoms with E-state index in [4.69, 9.17) is 21.1 Å². The zero-order valence-electron chi connectivity index (χ0n) is 25.6. The normalized spacial score (nSPS) is 23.0. The van der Waals surface area contributed by atoms with Crippen LogP contribution in [-0.2, 0) is 34.6 Å². The standard InChI is InChI=1S/C34H39ClN4O4Si/c1-23-32(44(3,4)28-13-11-27(42-2)12-14-28)31(16-18-38-22-26(17-19-40)36-37-38)43-34(23)29-20-25(35)10-15-30(29)39(33(34)41)21-24-8-6-5-7-9-24/h5-15,20,22-23,31-32,40H,16-19,21H2,1-4H3/t23-,31+,32-,34+/m0/s1. The van der Waals surface area contributed by atoms with Gasteiger partial charge in [0.2, 0.25) is 0 Å². The Kier molecular flexibility index (Phi) is 8.41. The van der Waals surface area contributed by atoms with Gasteiger partial charge in [-0.2, -0.15) is 0 Å². The molecule has 0 aliphatic carbocycles. The van der Waals surface area contributed by atoms with Crippen LogP contribution in [0.1, 0.15) is 30.2 Å². The number of carbonyl (C=O) groups is 1. The lowest BCUT2D eigenvalue weighted by atomic mass is 9.82. The maximum Gasteiger partial charge on any atom is 0.264 e. The Balaban J connectivity index is 1.42. The molecule has 44 heavy (non-hydrogen) atoms. The van der Waals surface area contributed by atoms with Crippen molar-refractivity contribution in [3.8, 4) is 5.75 Å². The van der Waals surface area contributed by atoms with Gasteiger partial charge in [-0.3, -0.25) is 9.48 Å². The first-order valence-electron chi connectivity index (χ1n) is 15.2. The highest BCUT2D eigenvalue weighted by molar-refractivity contribution is 6.91. The summed E-state index contributed by atoms with van der Waals surface area (Å²) >= 11 is 6.62. The van der Waals surface area contributed by atoms with Crippen molar-refractivity contribution in [3.63, 3.8) is 0 Å². The van der Waals surface area contributed by atoms with Crippen molar-refractivity contribution in [2.45, 2.75) is 63.2 Å². The first-order valence-corrected chi connectivity index (χ1v) is 18.6. The third-order valence-electron chi connectivity index (χ3n) is 9.58. The van der Waals surface area contributed by atoms with Gasteiger partial charge in [0.1, 0.15) is 5.75 Å². The molecule has 4 atom stereocenters. The second kappa shape index (κ2) is 12.1. The number of aliphatic hydroxyl groups excluding tert-OH is 1. The number of aliphatic hydroxyl groups is 1. The summed E-state index contributed by atoms with van der Waals surface area (Å²) in [5, 5.41) is 19.7. The number of anilines is 1. The molecule has 3 aromatic carbocycles. The lowest BCUT2D eigenvalue weighted by Crippen LogP contribution is -2.51. The molecule has 3 heterocycles. The van der Waals surface area contributed by atoms with E-state index in [1.54, 1.807) is 7.11 Å². The quantitative estimate of drug-likeness (QED) is 0.238. The molecule has 8 nitrogen and oxygen atoms in total. The van der Waals surface area contributed by atoms with Crippen LogP contribution in [0.25, 0.3) is 0 Å². The van der Waals surface area contributed by atoms with Crippen molar-refractivity contribution in [2.24, 2.45) is 5.92 Å². The molecule has 0 unspecified atom stereocenters. The zero-order chi connectivity index (χ0) is 31.1. The number of hydrogen-bond acceptors (Lipinski definition) is 6. The molecule has 1 amide bonds. The summed E-state index contributed by atoms with van der Waals surface area (Å²) in [7, 11) is -0.594. The smallest absolute Gasteiger partial charge is 0.264 e. The fourth-order valence-corrected chi connectivity index (χ4v) is 11.6. The van der Waals surface area contributed by atoms with Crippen LogP contribution in [0.2, 0.25) is 23.7 Å². The van der Waals surface area contributed by atoms with Gasteiger partial charge in [0.25, 0.3) is 5.91 Å². The number of aromatic nitrogens is 3. The van der Waals surface area contributed by atoms with Gasteiger partial charge >= 0.3 is 0 Å². The number of aryl methyl sites for hydroxylation is 1. The first kappa shape index (κ1) is 30.5. The number of halogens is 1. The molecule has 2 aliphatic rings. The highest BCUT2D eigenvalue weighted by Crippen LogP contribution is 2.60. The van der Waals surface area contributed by atoms with Gasteiger partial charge in [0.15, 0.2) is 5.60 Å². The molecule has 1 aromatic heterocycles. The Labute approximate surface area is 264 Å². The molecule has 0 saturated carbocycles. The summed E-state index contributed by atoms with van der Waals surface area (Å²) in [6.45, 7) is 8.00. The Hall–Kier alpha value is -3.50. The summed E-state index contributed by atoms with van der Waals surface area (Å²) in [4.78, 5) is 16.7. The molecule has 0 bridgehead atoms. The maximum atomic E-state index is 14.8. The topological polar surface area (TPSA) is 89.7 Å². The third kappa shape index (κ3) is 5.25. The van der Waals surface area contributed by atoms with Crippen LogP contribution in [0, 0.1) is 5.92 Å². The van der Waals surface area contributed by atoms with Crippen molar-refractivity contribution < 1.29 is 19.4 Å². The Morgan fingerprint density at radius 1 is 1.09 bits per heavy atom. The number of hydrogen-bond donors (Lipinski definition) is 1. The molecule has 10 heteroatoms. The van der Waals surface area contributed by atoms with Gasteiger partial charge in [-0.05, 0) is 47.9 Å². The number of amides is 1. The number of ether oxygens (including phenoxy) is 2. The fourth-order valence-electron chi connectivity index (χ4n) is 7.42. The fraction of sp³-hybridized carbons (Fsp3) is 0.382. The summed E-state index contributed by atoms with van der Waals surface area (Å²) < 4.78 is 14.4. The summed E-state index contributed by atoms with van der Waals surface area (Å²) in [5.41, 5.74) is 2.44. The molecular formula is C34H39ClN4O4Si. The van der Waals surface area contributed by atoms with E-state index in [0.29, 0.717) is 31.0 Å². The number of benzene rings is 3. The van der Waals surface area contributed by atoms with E-state index in [2.05, 4.69) is 42.5 Å². The lowest BCUT2D eigenvalue weighted by Gasteiger charge is -2.37. The molecule has 230 valence electrons. The Bertz CT molecular complexity index is 1630. The predicted molar refractivity (Wildman–Crippen MR) is 174 cm³/mol. The predicted octanol–water partition coefficient (Wildman–Crippen LogP) is 5.33. The van der Waals surface area contributed by atoms with Crippen LogP contribution in [0.5, 0.6) is 5.75 Å². The van der Waals surface area contributed by atoms with Crippen LogP contribution < -0.4 is 14.8 Å². The van der Waals surface area contributed by atoms with E-state index in [9.17, 15) is 9.90 Å². The Morgan fingerprint density at radius 3 is 2.55 bits per heavy atom. The van der Waals surface area contributed by atoms with E-state index < -0.39 is 13.7 Å². The van der Waals surface area contributed by atoms with E-state index in [1.165, 1.54) is 5.19 Å². The lowest BCUT2D eigenvalue weighted by molar-refractivity contribution is -0.146. The van der Waals surface area contributed by atoms with E-state index in [-0.39, 0.29) is 30.1 Å².